The maximum absolute atomic E-state index is 10.9. The number of hydrazine groups is 1. The van der Waals surface area contributed by atoms with Gasteiger partial charge >= 0.3 is 5.97 Å². The average Bonchev–Trinajstić information content (AvgIpc) is 4.32. The summed E-state index contributed by atoms with van der Waals surface area (Å²) in [5.41, 5.74) is 7.97. The molecule has 1 aliphatic heterocycles. The van der Waals surface area contributed by atoms with Crippen LogP contribution in [0.5, 0.6) is 0 Å². The van der Waals surface area contributed by atoms with E-state index in [4.69, 9.17) is 19.8 Å². The molecule has 11 rings (SSSR count). The van der Waals surface area contributed by atoms with Crippen molar-refractivity contribution in [2.75, 3.05) is 0 Å². The number of benzene rings is 1. The maximum Gasteiger partial charge on any atom is 0.313 e. The number of nitrogens with zero attached hydrogens (tertiary/aromatic N) is 10. The minimum absolute atomic E-state index is 0.0139. The number of halogens is 2. The van der Waals surface area contributed by atoms with Gasteiger partial charge in [0.25, 0.3) is 0 Å². The Hall–Kier alpha value is -6.05. The van der Waals surface area contributed by atoms with Gasteiger partial charge < -0.3 is 13.9 Å². The molecule has 19 heteroatoms. The summed E-state index contributed by atoms with van der Waals surface area (Å²) in [4.78, 5) is 33.9. The third-order valence-corrected chi connectivity index (χ3v) is 13.5. The van der Waals surface area contributed by atoms with E-state index in [0.29, 0.717) is 29.2 Å². The molecule has 3 saturated carbocycles. The number of carbonyl (C=O) groups excluding carboxylic acids is 1. The zero-order valence-electron chi connectivity index (χ0n) is 38.8. The molecular formula is C49H54Br2N12O5. The predicted octanol–water partition coefficient (Wildman–Crippen LogP) is 9.04. The molecule has 0 unspecified atom stereocenters. The van der Waals surface area contributed by atoms with Gasteiger partial charge in [0.05, 0.1) is 21.9 Å². The zero-order chi connectivity index (χ0) is 48.4. The molecule has 354 valence electrons. The van der Waals surface area contributed by atoms with Gasteiger partial charge in [0.15, 0.2) is 0 Å². The summed E-state index contributed by atoms with van der Waals surface area (Å²) in [6.45, 7) is 11.7. The van der Waals surface area contributed by atoms with Gasteiger partial charge in [-0.25, -0.2) is 5.84 Å². The fourth-order valence-corrected chi connectivity index (χ4v) is 8.05. The Labute approximate surface area is 410 Å². The highest BCUT2D eigenvalue weighted by Crippen LogP contribution is 2.42. The highest BCUT2D eigenvalue weighted by molar-refractivity contribution is 9.10. The highest BCUT2D eigenvalue weighted by Gasteiger charge is 2.36. The quantitative estimate of drug-likeness (QED) is 0.0658. The van der Waals surface area contributed by atoms with E-state index in [-0.39, 0.29) is 17.2 Å². The smallest absolute Gasteiger partial charge is 0.313 e. The number of fused-ring (bicyclic) bond motifs is 3. The summed E-state index contributed by atoms with van der Waals surface area (Å²) < 4.78 is 15.6. The van der Waals surface area contributed by atoms with E-state index in [1.54, 1.807) is 44.8 Å². The van der Waals surface area contributed by atoms with Crippen LogP contribution in [0.3, 0.4) is 0 Å². The maximum atomic E-state index is 10.9. The number of pyridine rings is 3. The van der Waals surface area contributed by atoms with Crippen molar-refractivity contribution in [3.63, 3.8) is 0 Å². The van der Waals surface area contributed by atoms with Crippen LogP contribution >= 0.6 is 31.9 Å². The Morgan fingerprint density at radius 2 is 1.22 bits per heavy atom. The summed E-state index contributed by atoms with van der Waals surface area (Å²) in [5, 5.41) is 34.1. The van der Waals surface area contributed by atoms with Gasteiger partial charge in [-0.1, -0.05) is 6.07 Å². The summed E-state index contributed by atoms with van der Waals surface area (Å²) >= 11 is 6.68. The van der Waals surface area contributed by atoms with Crippen LogP contribution in [0.2, 0.25) is 0 Å². The molecule has 7 heterocycles. The number of carboxylic acid groups (broad SMARTS) is 1. The summed E-state index contributed by atoms with van der Waals surface area (Å²) in [6.07, 6.45) is 20.9. The molecule has 1 aromatic carbocycles. The number of amides is 1. The average molecular weight is 1050 g/mol. The van der Waals surface area contributed by atoms with Crippen LogP contribution in [-0.4, -0.2) is 67.1 Å². The fraction of sp³-hybridized carbons (Fsp3) is 0.408. The Morgan fingerprint density at radius 3 is 1.74 bits per heavy atom. The topological polar surface area (TPSA) is 240 Å². The molecule has 0 atom stereocenters. The van der Waals surface area contributed by atoms with Crippen LogP contribution in [0.4, 0.5) is 0 Å². The lowest BCUT2D eigenvalue weighted by Gasteiger charge is -2.22. The van der Waals surface area contributed by atoms with Gasteiger partial charge in [-0.15, -0.1) is 30.6 Å². The summed E-state index contributed by atoms with van der Waals surface area (Å²) in [6, 6.07) is 12.5. The van der Waals surface area contributed by atoms with Crippen LogP contribution < -0.4 is 11.3 Å². The minimum atomic E-state index is -0.892. The van der Waals surface area contributed by atoms with E-state index in [1.807, 2.05) is 24.7 Å². The van der Waals surface area contributed by atoms with Crippen LogP contribution in [0.15, 0.2) is 97.7 Å². The normalized spacial score (nSPS) is 15.2. The Balaban J connectivity index is 0.000000139. The molecule has 3 aliphatic carbocycles. The Bertz CT molecular complexity index is 2920. The van der Waals surface area contributed by atoms with Crippen molar-refractivity contribution < 1.29 is 23.5 Å². The molecule has 0 radical (unpaired) electrons. The number of rotatable bonds is 10. The predicted molar refractivity (Wildman–Crippen MR) is 258 cm³/mol. The largest absolute Gasteiger partial charge is 0.481 e. The van der Waals surface area contributed by atoms with Crippen molar-refractivity contribution in [3.05, 3.63) is 140 Å². The molecule has 4 aliphatic rings. The van der Waals surface area contributed by atoms with Gasteiger partial charge in [0.2, 0.25) is 29.5 Å². The zero-order valence-corrected chi connectivity index (χ0v) is 42.0. The first-order valence-corrected chi connectivity index (χ1v) is 24.2. The number of aryl methyl sites for hydroxylation is 2. The van der Waals surface area contributed by atoms with Crippen LogP contribution in [0, 0.1) is 5.92 Å². The first-order chi connectivity index (χ1) is 32.4. The first-order valence-electron chi connectivity index (χ1n) is 22.6. The molecule has 68 heavy (non-hydrogen) atoms. The van der Waals surface area contributed by atoms with Crippen LogP contribution in [0.1, 0.15) is 144 Å². The van der Waals surface area contributed by atoms with E-state index in [2.05, 4.69) is 139 Å². The van der Waals surface area contributed by atoms with E-state index in [9.17, 15) is 9.59 Å². The third-order valence-electron chi connectivity index (χ3n) is 12.7. The molecule has 17 nitrogen and oxygen atoms in total. The van der Waals surface area contributed by atoms with Gasteiger partial charge in [-0.3, -0.25) is 34.5 Å². The van der Waals surface area contributed by atoms with Gasteiger partial charge in [-0.05, 0) is 176 Å². The van der Waals surface area contributed by atoms with Crippen molar-refractivity contribution in [2.45, 2.75) is 121 Å². The third kappa shape index (κ3) is 11.1. The number of nitrogens with two attached hydrogens (primary N) is 1. The van der Waals surface area contributed by atoms with E-state index < -0.39 is 16.8 Å². The number of aromatic nitrogens is 10. The van der Waals surface area contributed by atoms with Crippen LogP contribution in [-0.2, 0) is 38.7 Å². The van der Waals surface area contributed by atoms with Gasteiger partial charge in [0.1, 0.15) is 12.2 Å². The molecule has 6 aromatic heterocycles. The monoisotopic (exact) mass is 1050 g/mol. The molecule has 3 fully saturated rings. The summed E-state index contributed by atoms with van der Waals surface area (Å²) in [7, 11) is 0. The Morgan fingerprint density at radius 1 is 0.676 bits per heavy atom. The van der Waals surface area contributed by atoms with E-state index in [1.165, 1.54) is 18.4 Å². The van der Waals surface area contributed by atoms with Crippen molar-refractivity contribution >= 4 is 43.7 Å². The van der Waals surface area contributed by atoms with Gasteiger partial charge in [0, 0.05) is 75.9 Å². The van der Waals surface area contributed by atoms with Crippen molar-refractivity contribution in [2.24, 2.45) is 11.8 Å². The molecule has 0 spiro atoms. The van der Waals surface area contributed by atoms with Crippen LogP contribution in [0.25, 0.3) is 16.8 Å². The number of carbonyl (C=O) groups is 2. The van der Waals surface area contributed by atoms with E-state index >= 15 is 0 Å². The van der Waals surface area contributed by atoms with Crippen molar-refractivity contribution in [1.82, 2.24) is 55.5 Å². The number of hydrogen-bond acceptors (Lipinski definition) is 14. The standard InChI is InChI=1S/C23H22N6O.C13H14BrN3O.C9H10BrNO2.C4H8N2O/c1-23(2,22-28-27-21(30-22)14-3-4-14)18-10-17(11-24-12-18)15-5-7-19-16(9-15)6-8-20-26-25-13-29(19)20;1-13(2,9-5-10(14)7-15-6-9)12-17-16-11(18-12)8-3-4-8;1-9(2,8(12)13)6-3-7(10)5-11-4-6;5-6-4(7)3-1-2-3/h5,7,9-14H,3-4,6,8H2,1-2H3;5-8H,3-4H2,1-2H3;3-5H,1-2H3,(H,12,13);3H,1-2,5H2,(H,6,7). The Kier molecular flexibility index (Phi) is 14.2. The number of carboxylic acids is 1. The van der Waals surface area contributed by atoms with E-state index in [0.717, 1.165) is 93.0 Å². The fourth-order valence-electron chi connectivity index (χ4n) is 7.32. The molecule has 7 aromatic rings. The minimum Gasteiger partial charge on any atom is -0.481 e. The second kappa shape index (κ2) is 19.9. The number of aliphatic carboxylic acids is 1. The van der Waals surface area contributed by atoms with Crippen molar-refractivity contribution in [3.8, 4) is 16.8 Å². The second-order valence-electron chi connectivity index (χ2n) is 19.1. The lowest BCUT2D eigenvalue weighted by molar-refractivity contribution is -0.142. The molecular weight excluding hydrogens is 996 g/mol. The first kappa shape index (κ1) is 48.4. The van der Waals surface area contributed by atoms with Crippen molar-refractivity contribution in [1.29, 1.82) is 0 Å². The SMILES string of the molecule is CC(C)(C(=O)O)c1cncc(Br)c1.CC(C)(c1cncc(-c2ccc3c(c2)CCc2nncn2-3)c1)c1nnc(C2CC2)o1.CC(C)(c1cncc(Br)c1)c1nnc(C2CC2)o1.NNC(=O)C1CC1. The van der Waals surface area contributed by atoms with Gasteiger partial charge in [-0.2, -0.15) is 0 Å². The molecule has 1 amide bonds. The second-order valence-corrected chi connectivity index (χ2v) is 20.9. The molecule has 0 saturated heterocycles. The number of hydrogen-bond donors (Lipinski definition) is 3. The lowest BCUT2D eigenvalue weighted by Crippen LogP contribution is -2.31. The lowest BCUT2D eigenvalue weighted by atomic mass is 9.84. The highest BCUT2D eigenvalue weighted by atomic mass is 79.9. The molecule has 4 N–H and O–H groups in total. The molecule has 0 bridgehead atoms. The number of nitrogens with one attached hydrogen (secondary N) is 1. The summed E-state index contributed by atoms with van der Waals surface area (Å²) in [5.74, 6) is 9.00.